The average molecular weight is 458 g/mol. The van der Waals surface area contributed by atoms with Gasteiger partial charge in [0.15, 0.2) is 5.65 Å². The first kappa shape index (κ1) is 21.0. The van der Waals surface area contributed by atoms with Crippen molar-refractivity contribution in [2.75, 3.05) is 39.4 Å². The van der Waals surface area contributed by atoms with Crippen molar-refractivity contribution >= 4 is 16.9 Å². The summed E-state index contributed by atoms with van der Waals surface area (Å²) in [4.78, 5) is 17.8. The third-order valence-electron chi connectivity index (χ3n) is 6.76. The van der Waals surface area contributed by atoms with Crippen LogP contribution in [0.15, 0.2) is 48.9 Å². The quantitative estimate of drug-likeness (QED) is 0.489. The third-order valence-corrected chi connectivity index (χ3v) is 6.76. The molecule has 2 aliphatic rings. The van der Waals surface area contributed by atoms with E-state index in [9.17, 15) is 4.79 Å². The normalized spacial score (nSPS) is 17.4. The SMILES string of the molecule is O=C(c1ccc(-c2c[nH]c3nnc(-c4cnn(C5CCNCC5)c4)cc23)cc1)N1CCOCC1. The first-order valence-electron chi connectivity index (χ1n) is 11.8. The zero-order chi connectivity index (χ0) is 22.9. The zero-order valence-electron chi connectivity index (χ0n) is 18.9. The van der Waals surface area contributed by atoms with E-state index in [1.54, 1.807) is 0 Å². The van der Waals surface area contributed by atoms with Gasteiger partial charge in [-0.05, 0) is 49.7 Å². The van der Waals surface area contributed by atoms with E-state index in [0.29, 0.717) is 37.9 Å². The molecule has 2 fully saturated rings. The Balaban J connectivity index is 1.26. The minimum atomic E-state index is 0.0488. The molecule has 2 N–H and O–H groups in total. The standard InChI is InChI=1S/C25H27N7O2/c33-25(31-9-11-34-12-10-31)18-3-1-17(2-4-18)22-15-27-24-21(22)13-23(29-30-24)19-14-28-32(16-19)20-5-7-26-8-6-20/h1-4,13-16,20,26H,5-12H2,(H,27,30). The highest BCUT2D eigenvalue weighted by atomic mass is 16.5. The third kappa shape index (κ3) is 3.97. The van der Waals surface area contributed by atoms with Crippen molar-refractivity contribution in [1.29, 1.82) is 0 Å². The van der Waals surface area contributed by atoms with Crippen molar-refractivity contribution in [3.8, 4) is 22.4 Å². The van der Waals surface area contributed by atoms with Crippen LogP contribution < -0.4 is 5.32 Å². The van der Waals surface area contributed by atoms with Crippen molar-refractivity contribution in [1.82, 2.24) is 35.2 Å². The molecule has 4 aromatic rings. The fourth-order valence-corrected chi connectivity index (χ4v) is 4.78. The molecule has 0 radical (unpaired) electrons. The van der Waals surface area contributed by atoms with Crippen molar-refractivity contribution in [3.05, 3.63) is 54.5 Å². The van der Waals surface area contributed by atoms with Crippen LogP contribution in [0.4, 0.5) is 0 Å². The highest BCUT2D eigenvalue weighted by molar-refractivity contribution is 5.97. The van der Waals surface area contributed by atoms with Gasteiger partial charge in [0.1, 0.15) is 0 Å². The van der Waals surface area contributed by atoms with Crippen molar-refractivity contribution in [3.63, 3.8) is 0 Å². The van der Waals surface area contributed by atoms with Gasteiger partial charge in [0.25, 0.3) is 5.91 Å². The molecule has 9 heteroatoms. The molecule has 0 unspecified atom stereocenters. The second-order valence-corrected chi connectivity index (χ2v) is 8.87. The average Bonchev–Trinajstić information content (AvgIpc) is 3.57. The Morgan fingerprint density at radius 3 is 2.62 bits per heavy atom. The molecule has 2 aliphatic heterocycles. The lowest BCUT2D eigenvalue weighted by molar-refractivity contribution is 0.0303. The molecule has 1 amide bonds. The maximum Gasteiger partial charge on any atom is 0.254 e. The number of carbonyl (C=O) groups is 1. The van der Waals surface area contributed by atoms with Crippen LogP contribution in [0.1, 0.15) is 29.2 Å². The van der Waals surface area contributed by atoms with Crippen LogP contribution >= 0.6 is 0 Å². The van der Waals surface area contributed by atoms with Crippen LogP contribution in [-0.2, 0) is 4.74 Å². The molecule has 0 bridgehead atoms. The molecule has 34 heavy (non-hydrogen) atoms. The largest absolute Gasteiger partial charge is 0.378 e. The number of nitrogens with zero attached hydrogens (tertiary/aromatic N) is 5. The number of H-pyrrole nitrogens is 1. The van der Waals surface area contributed by atoms with Gasteiger partial charge in [-0.25, -0.2) is 0 Å². The van der Waals surface area contributed by atoms with E-state index in [2.05, 4.69) is 42.5 Å². The van der Waals surface area contributed by atoms with Gasteiger partial charge in [-0.2, -0.15) is 5.10 Å². The first-order chi connectivity index (χ1) is 16.8. The van der Waals surface area contributed by atoms with Crippen LogP contribution in [0.5, 0.6) is 0 Å². The smallest absolute Gasteiger partial charge is 0.254 e. The molecular weight excluding hydrogens is 430 g/mol. The number of aromatic nitrogens is 5. The second kappa shape index (κ2) is 9.00. The van der Waals surface area contributed by atoms with Gasteiger partial charge in [-0.1, -0.05) is 12.1 Å². The minimum Gasteiger partial charge on any atom is -0.378 e. The summed E-state index contributed by atoms with van der Waals surface area (Å²) >= 11 is 0. The molecule has 0 aliphatic carbocycles. The van der Waals surface area contributed by atoms with Gasteiger partial charge < -0.3 is 19.9 Å². The van der Waals surface area contributed by atoms with Crippen molar-refractivity contribution < 1.29 is 9.53 Å². The summed E-state index contributed by atoms with van der Waals surface area (Å²) < 4.78 is 7.41. The van der Waals surface area contributed by atoms with Crippen LogP contribution in [0.3, 0.4) is 0 Å². The van der Waals surface area contributed by atoms with E-state index in [1.165, 1.54) is 0 Å². The van der Waals surface area contributed by atoms with Gasteiger partial charge >= 0.3 is 0 Å². The number of nitrogens with one attached hydrogen (secondary N) is 2. The van der Waals surface area contributed by atoms with E-state index in [1.807, 2.05) is 41.6 Å². The summed E-state index contributed by atoms with van der Waals surface area (Å²) in [5, 5.41) is 17.8. The second-order valence-electron chi connectivity index (χ2n) is 8.87. The highest BCUT2D eigenvalue weighted by Gasteiger charge is 2.20. The van der Waals surface area contributed by atoms with E-state index in [-0.39, 0.29) is 5.91 Å². The van der Waals surface area contributed by atoms with E-state index >= 15 is 0 Å². The predicted molar refractivity (Wildman–Crippen MR) is 128 cm³/mol. The van der Waals surface area contributed by atoms with Crippen molar-refractivity contribution in [2.24, 2.45) is 0 Å². The number of carbonyl (C=O) groups excluding carboxylic acids is 1. The number of fused-ring (bicyclic) bond motifs is 1. The van der Waals surface area contributed by atoms with E-state index in [0.717, 1.165) is 59.3 Å². The number of morpholine rings is 1. The van der Waals surface area contributed by atoms with Crippen LogP contribution in [0.25, 0.3) is 33.4 Å². The van der Waals surface area contributed by atoms with Crippen LogP contribution in [0.2, 0.25) is 0 Å². The summed E-state index contributed by atoms with van der Waals surface area (Å²) in [5.41, 5.74) is 5.24. The molecule has 0 saturated carbocycles. The monoisotopic (exact) mass is 457 g/mol. The maximum absolute atomic E-state index is 12.8. The Morgan fingerprint density at radius 1 is 1.03 bits per heavy atom. The fraction of sp³-hybridized carbons (Fsp3) is 0.360. The van der Waals surface area contributed by atoms with Crippen molar-refractivity contribution in [2.45, 2.75) is 18.9 Å². The Labute approximate surface area is 197 Å². The topological polar surface area (TPSA) is 101 Å². The molecule has 1 aromatic carbocycles. The lowest BCUT2D eigenvalue weighted by atomic mass is 10.0. The Hall–Kier alpha value is -3.56. The number of benzene rings is 1. The number of ether oxygens (including phenoxy) is 1. The Bertz CT molecular complexity index is 1300. The number of piperidine rings is 1. The summed E-state index contributed by atoms with van der Waals surface area (Å²) in [7, 11) is 0. The Morgan fingerprint density at radius 2 is 1.82 bits per heavy atom. The van der Waals surface area contributed by atoms with Gasteiger partial charge in [-0.15, -0.1) is 10.2 Å². The molecular formula is C25H27N7O2. The number of hydrogen-bond acceptors (Lipinski definition) is 6. The number of rotatable bonds is 4. The van der Waals surface area contributed by atoms with Gasteiger partial charge in [0.05, 0.1) is 31.1 Å². The van der Waals surface area contributed by atoms with Gasteiger partial charge in [0.2, 0.25) is 0 Å². The fourth-order valence-electron chi connectivity index (χ4n) is 4.78. The highest BCUT2D eigenvalue weighted by Crippen LogP contribution is 2.31. The van der Waals surface area contributed by atoms with E-state index < -0.39 is 0 Å². The van der Waals surface area contributed by atoms with E-state index in [4.69, 9.17) is 4.74 Å². The van der Waals surface area contributed by atoms with Gasteiger partial charge in [0, 0.05) is 47.6 Å². The molecule has 5 heterocycles. The molecule has 3 aromatic heterocycles. The van der Waals surface area contributed by atoms with Crippen LogP contribution in [0, 0.1) is 0 Å². The lowest BCUT2D eigenvalue weighted by Gasteiger charge is -2.26. The number of amides is 1. The lowest BCUT2D eigenvalue weighted by Crippen LogP contribution is -2.40. The first-order valence-corrected chi connectivity index (χ1v) is 11.8. The Kier molecular flexibility index (Phi) is 5.56. The van der Waals surface area contributed by atoms with Crippen LogP contribution in [-0.4, -0.2) is 75.2 Å². The zero-order valence-corrected chi connectivity index (χ0v) is 18.9. The minimum absolute atomic E-state index is 0.0488. The van der Waals surface area contributed by atoms with Gasteiger partial charge in [-0.3, -0.25) is 9.48 Å². The molecule has 6 rings (SSSR count). The molecule has 0 atom stereocenters. The molecule has 2 saturated heterocycles. The molecule has 174 valence electrons. The summed E-state index contributed by atoms with van der Waals surface area (Å²) in [5.74, 6) is 0.0488. The summed E-state index contributed by atoms with van der Waals surface area (Å²) in [6.07, 6.45) is 8.05. The number of aromatic amines is 1. The maximum atomic E-state index is 12.8. The predicted octanol–water partition coefficient (Wildman–Crippen LogP) is 2.89. The number of hydrogen-bond donors (Lipinski definition) is 2. The molecule has 0 spiro atoms. The summed E-state index contributed by atoms with van der Waals surface area (Å²) in [6.45, 7) is 4.51. The summed E-state index contributed by atoms with van der Waals surface area (Å²) in [6, 6.07) is 10.3. The molecule has 9 nitrogen and oxygen atoms in total.